The smallest absolute Gasteiger partial charge is 0.344 e. The predicted molar refractivity (Wildman–Crippen MR) is 96.5 cm³/mol. The molecule has 0 spiro atoms. The molecule has 0 saturated heterocycles. The maximum absolute atomic E-state index is 13.1. The van der Waals surface area contributed by atoms with Crippen LogP contribution in [0.3, 0.4) is 0 Å². The lowest BCUT2D eigenvalue weighted by atomic mass is 9.53. The van der Waals surface area contributed by atoms with Gasteiger partial charge in [0.2, 0.25) is 0 Å². The molecule has 1 aromatic rings. The molecule has 1 amide bonds. The number of ether oxygens (including phenoxy) is 2. The molecule has 4 bridgehead atoms. The van der Waals surface area contributed by atoms with E-state index >= 15 is 0 Å². The monoisotopic (exact) mass is 375 g/mol. The average molecular weight is 375 g/mol. The molecule has 1 aromatic carbocycles. The molecule has 4 aliphatic carbocycles. The molecule has 0 aromatic heterocycles. The lowest BCUT2D eigenvalue weighted by molar-refractivity contribution is -0.158. The van der Waals surface area contributed by atoms with Crippen molar-refractivity contribution in [3.8, 4) is 5.75 Å². The molecule has 5 nitrogen and oxygen atoms in total. The van der Waals surface area contributed by atoms with Gasteiger partial charge in [-0.1, -0.05) is 6.07 Å². The van der Waals surface area contributed by atoms with E-state index in [0.717, 1.165) is 37.0 Å². The third-order valence-corrected chi connectivity index (χ3v) is 6.26. The van der Waals surface area contributed by atoms with E-state index in [9.17, 15) is 14.0 Å². The average Bonchev–Trinajstić information content (AvgIpc) is 2.58. The second-order valence-electron chi connectivity index (χ2n) is 8.57. The lowest BCUT2D eigenvalue weighted by Crippen LogP contribution is -2.61. The molecule has 4 aliphatic rings. The van der Waals surface area contributed by atoms with E-state index in [1.165, 1.54) is 37.5 Å². The van der Waals surface area contributed by atoms with Gasteiger partial charge in [0.05, 0.1) is 0 Å². The van der Waals surface area contributed by atoms with Crippen molar-refractivity contribution in [3.05, 3.63) is 30.1 Å². The van der Waals surface area contributed by atoms with Gasteiger partial charge in [0.1, 0.15) is 11.6 Å². The summed E-state index contributed by atoms with van der Waals surface area (Å²) in [5, 5.41) is 3.20. The summed E-state index contributed by atoms with van der Waals surface area (Å²) in [6, 6.07) is 5.54. The van der Waals surface area contributed by atoms with Gasteiger partial charge < -0.3 is 14.8 Å². The van der Waals surface area contributed by atoms with Crippen molar-refractivity contribution in [1.82, 2.24) is 5.32 Å². The first-order chi connectivity index (χ1) is 12.9. The van der Waals surface area contributed by atoms with Gasteiger partial charge in [0.15, 0.2) is 12.7 Å². The van der Waals surface area contributed by atoms with E-state index in [4.69, 9.17) is 9.47 Å². The van der Waals surface area contributed by atoms with Crippen molar-refractivity contribution < 1.29 is 23.5 Å². The summed E-state index contributed by atoms with van der Waals surface area (Å²) in [7, 11) is 0. The topological polar surface area (TPSA) is 64.6 Å². The molecule has 0 unspecified atom stereocenters. The van der Waals surface area contributed by atoms with Gasteiger partial charge in [-0.15, -0.1) is 0 Å². The van der Waals surface area contributed by atoms with Crippen LogP contribution < -0.4 is 10.1 Å². The van der Waals surface area contributed by atoms with E-state index in [1.807, 2.05) is 0 Å². The lowest BCUT2D eigenvalue weighted by Gasteiger charge is -2.57. The minimum atomic E-state index is -0.874. The maximum Gasteiger partial charge on any atom is 0.344 e. The Bertz CT molecular complexity index is 699. The van der Waals surface area contributed by atoms with Crippen LogP contribution in [-0.2, 0) is 14.3 Å². The van der Waals surface area contributed by atoms with Gasteiger partial charge >= 0.3 is 5.97 Å². The number of hydrogen-bond donors (Lipinski definition) is 1. The van der Waals surface area contributed by atoms with Crippen LogP contribution in [0.15, 0.2) is 24.3 Å². The van der Waals surface area contributed by atoms with Gasteiger partial charge in [-0.05, 0) is 75.3 Å². The predicted octanol–water partition coefficient (Wildman–Crippen LogP) is 3.22. The molecular weight excluding hydrogens is 349 g/mol. The van der Waals surface area contributed by atoms with Gasteiger partial charge in [-0.25, -0.2) is 9.18 Å². The zero-order chi connectivity index (χ0) is 19.0. The minimum Gasteiger partial charge on any atom is -0.482 e. The Morgan fingerprint density at radius 3 is 2.41 bits per heavy atom. The van der Waals surface area contributed by atoms with Crippen LogP contribution in [0.1, 0.15) is 45.4 Å². The second kappa shape index (κ2) is 7.13. The van der Waals surface area contributed by atoms with Crippen LogP contribution in [0.2, 0.25) is 0 Å². The van der Waals surface area contributed by atoms with Gasteiger partial charge in [-0.3, -0.25) is 4.79 Å². The maximum atomic E-state index is 13.1. The number of carbonyl (C=O) groups is 2. The van der Waals surface area contributed by atoms with E-state index in [1.54, 1.807) is 13.0 Å². The molecule has 0 radical (unpaired) electrons. The van der Waals surface area contributed by atoms with Crippen molar-refractivity contribution >= 4 is 11.9 Å². The third kappa shape index (κ3) is 4.09. The van der Waals surface area contributed by atoms with Crippen molar-refractivity contribution in [3.63, 3.8) is 0 Å². The first-order valence-corrected chi connectivity index (χ1v) is 9.81. The first kappa shape index (κ1) is 18.3. The summed E-state index contributed by atoms with van der Waals surface area (Å²) < 4.78 is 23.5. The number of nitrogens with one attached hydrogen (secondary N) is 1. The Morgan fingerprint density at radius 1 is 1.19 bits per heavy atom. The van der Waals surface area contributed by atoms with Crippen molar-refractivity contribution in [2.24, 2.45) is 17.8 Å². The van der Waals surface area contributed by atoms with E-state index in [-0.39, 0.29) is 23.8 Å². The molecule has 0 aliphatic heterocycles. The Morgan fingerprint density at radius 2 is 1.81 bits per heavy atom. The Balaban J connectivity index is 1.27. The Hall–Kier alpha value is -2.11. The number of halogens is 1. The number of amides is 1. The van der Waals surface area contributed by atoms with Crippen LogP contribution in [0.25, 0.3) is 0 Å². The Labute approximate surface area is 158 Å². The molecule has 4 saturated carbocycles. The van der Waals surface area contributed by atoms with Crippen LogP contribution in [0, 0.1) is 23.6 Å². The van der Waals surface area contributed by atoms with E-state index < -0.39 is 17.9 Å². The highest BCUT2D eigenvalue weighted by Crippen LogP contribution is 2.55. The zero-order valence-electron chi connectivity index (χ0n) is 15.6. The zero-order valence-corrected chi connectivity index (χ0v) is 15.6. The highest BCUT2D eigenvalue weighted by atomic mass is 19.1. The number of rotatable bonds is 6. The molecule has 6 heteroatoms. The van der Waals surface area contributed by atoms with Crippen LogP contribution in [0.5, 0.6) is 5.75 Å². The third-order valence-electron chi connectivity index (χ3n) is 6.26. The fourth-order valence-corrected chi connectivity index (χ4v) is 5.61. The number of esters is 1. The summed E-state index contributed by atoms with van der Waals surface area (Å²) in [5.41, 5.74) is -0.107. The Kier molecular flexibility index (Phi) is 4.82. The second-order valence-corrected chi connectivity index (χ2v) is 8.57. The van der Waals surface area contributed by atoms with Gasteiger partial charge in [0, 0.05) is 11.6 Å². The molecule has 5 rings (SSSR count). The molecule has 0 heterocycles. The van der Waals surface area contributed by atoms with Crippen molar-refractivity contribution in [2.75, 3.05) is 6.61 Å². The summed E-state index contributed by atoms with van der Waals surface area (Å²) >= 11 is 0. The number of hydrogen-bond acceptors (Lipinski definition) is 4. The molecular formula is C21H26FNO4. The molecule has 146 valence electrons. The van der Waals surface area contributed by atoms with Crippen LogP contribution in [0.4, 0.5) is 4.39 Å². The van der Waals surface area contributed by atoms with Crippen molar-refractivity contribution in [2.45, 2.75) is 57.1 Å². The van der Waals surface area contributed by atoms with E-state index in [0.29, 0.717) is 0 Å². The molecule has 1 atom stereocenters. The largest absolute Gasteiger partial charge is 0.482 e. The molecule has 27 heavy (non-hydrogen) atoms. The fraction of sp³-hybridized carbons (Fsp3) is 0.619. The minimum absolute atomic E-state index is 0.107. The van der Waals surface area contributed by atoms with E-state index in [2.05, 4.69) is 5.32 Å². The standard InChI is InChI=1S/C21H26FNO4/c1-13(27-19(24)12-26-18-4-2-3-17(22)8-18)20(25)23-21-9-14-5-15(10-21)7-16(6-14)11-21/h2-4,8,13-16H,5-7,9-12H2,1H3,(H,23,25)/t13-,14?,15?,16?,21?/m0/s1. The van der Waals surface area contributed by atoms with Gasteiger partial charge in [-0.2, -0.15) is 0 Å². The van der Waals surface area contributed by atoms with Gasteiger partial charge in [0.25, 0.3) is 5.91 Å². The summed E-state index contributed by atoms with van der Waals surface area (Å²) in [6.45, 7) is 1.22. The number of carbonyl (C=O) groups excluding carboxylic acids is 2. The summed E-state index contributed by atoms with van der Waals surface area (Å²) in [5.74, 6) is 1.11. The number of benzene rings is 1. The quantitative estimate of drug-likeness (QED) is 0.776. The van der Waals surface area contributed by atoms with Crippen molar-refractivity contribution in [1.29, 1.82) is 0 Å². The first-order valence-electron chi connectivity index (χ1n) is 9.81. The molecule has 1 N–H and O–H groups in total. The van der Waals surface area contributed by atoms with Crippen LogP contribution >= 0.6 is 0 Å². The fourth-order valence-electron chi connectivity index (χ4n) is 5.61. The highest BCUT2D eigenvalue weighted by Gasteiger charge is 2.51. The SMILES string of the molecule is C[C@H](OC(=O)COc1cccc(F)c1)C(=O)NC12CC3CC(CC(C3)C1)C2. The highest BCUT2D eigenvalue weighted by molar-refractivity contribution is 5.84. The summed E-state index contributed by atoms with van der Waals surface area (Å²) in [6.07, 6.45) is 6.18. The molecule has 4 fully saturated rings. The summed E-state index contributed by atoms with van der Waals surface area (Å²) in [4.78, 5) is 24.6. The normalized spacial score (nSPS) is 32.0. The van der Waals surface area contributed by atoms with Crippen LogP contribution in [-0.4, -0.2) is 30.1 Å².